The third-order valence-electron chi connectivity index (χ3n) is 2.56. The number of carbonyl (C=O) groups is 1. The van der Waals surface area contributed by atoms with Crippen molar-refractivity contribution in [1.29, 1.82) is 0 Å². The minimum Gasteiger partial charge on any atom is -0.377 e. The Morgan fingerprint density at radius 1 is 1.29 bits per heavy atom. The topological polar surface area (TPSA) is 96.8 Å². The molecule has 0 aliphatic heterocycles. The Kier molecular flexibility index (Phi) is 8.35. The molecule has 0 rings (SSSR count). The van der Waals surface area contributed by atoms with Crippen molar-refractivity contribution in [1.82, 2.24) is 0 Å². The van der Waals surface area contributed by atoms with Gasteiger partial charge in [-0.15, -0.1) is 0 Å². The van der Waals surface area contributed by atoms with Crippen molar-refractivity contribution in [2.24, 2.45) is 11.5 Å². The van der Waals surface area contributed by atoms with Crippen molar-refractivity contribution in [2.75, 3.05) is 20.8 Å². The van der Waals surface area contributed by atoms with Gasteiger partial charge in [-0.2, -0.15) is 0 Å². The van der Waals surface area contributed by atoms with Crippen molar-refractivity contribution in [3.05, 3.63) is 0 Å². The number of hydrogen-bond donors (Lipinski definition) is 2. The summed E-state index contributed by atoms with van der Waals surface area (Å²) in [6, 6.07) is 0. The highest BCUT2D eigenvalue weighted by Crippen LogP contribution is 2.16. The monoisotopic (exact) mass is 264 g/mol. The van der Waals surface area contributed by atoms with E-state index in [-0.39, 0.29) is 12.0 Å². The molecule has 1 amide bonds. The minimum atomic E-state index is -2.55. The van der Waals surface area contributed by atoms with Crippen LogP contribution in [0.15, 0.2) is 0 Å². The molecule has 1 atom stereocenters. The predicted molar refractivity (Wildman–Crippen MR) is 67.2 cm³/mol. The van der Waals surface area contributed by atoms with E-state index in [1.807, 2.05) is 6.55 Å². The van der Waals surface area contributed by atoms with Crippen LogP contribution in [0.4, 0.5) is 0 Å². The number of nitrogens with two attached hydrogens (primary N) is 2. The number of primary amides is 1. The maximum absolute atomic E-state index is 10.7. The van der Waals surface area contributed by atoms with Gasteiger partial charge in [0.25, 0.3) is 0 Å². The average molecular weight is 264 g/mol. The second-order valence-electron chi connectivity index (χ2n) is 3.95. The van der Waals surface area contributed by atoms with Gasteiger partial charge in [-0.25, -0.2) is 0 Å². The van der Waals surface area contributed by atoms with Gasteiger partial charge in [0.1, 0.15) is 0 Å². The summed E-state index contributed by atoms with van der Waals surface area (Å²) in [4.78, 5) is 10.7. The summed E-state index contributed by atoms with van der Waals surface area (Å²) in [6.45, 7) is 2.35. The molecule has 0 aliphatic carbocycles. The molecule has 1 unspecified atom stereocenters. The molecule has 0 aliphatic rings. The summed E-state index contributed by atoms with van der Waals surface area (Å²) in [5, 5.41) is 0. The van der Waals surface area contributed by atoms with Crippen LogP contribution in [0.5, 0.6) is 0 Å². The molecule has 0 fully saturated rings. The SMILES string of the molecule is CO[Si](C)(OC)OC(CCN)CCCC(N)=O. The van der Waals surface area contributed by atoms with E-state index in [1.165, 1.54) is 0 Å². The van der Waals surface area contributed by atoms with Crippen LogP contribution in [-0.4, -0.2) is 41.6 Å². The number of amides is 1. The smallest absolute Gasteiger partial charge is 0.377 e. The minimum absolute atomic E-state index is 0.0454. The summed E-state index contributed by atoms with van der Waals surface area (Å²) in [5.41, 5.74) is 10.6. The van der Waals surface area contributed by atoms with Crippen LogP contribution in [0.2, 0.25) is 6.55 Å². The van der Waals surface area contributed by atoms with Gasteiger partial charge in [0.2, 0.25) is 5.91 Å². The average Bonchev–Trinajstić information content (AvgIpc) is 2.28. The van der Waals surface area contributed by atoms with E-state index in [0.717, 1.165) is 6.42 Å². The lowest BCUT2D eigenvalue weighted by atomic mass is 10.1. The highest BCUT2D eigenvalue weighted by atomic mass is 28.4. The molecular weight excluding hydrogens is 240 g/mol. The molecule has 0 aromatic rings. The van der Waals surface area contributed by atoms with Crippen LogP contribution >= 0.6 is 0 Å². The van der Waals surface area contributed by atoms with E-state index < -0.39 is 8.80 Å². The lowest BCUT2D eigenvalue weighted by molar-refractivity contribution is -0.118. The van der Waals surface area contributed by atoms with Crippen LogP contribution in [-0.2, 0) is 18.1 Å². The van der Waals surface area contributed by atoms with E-state index in [0.29, 0.717) is 25.8 Å². The van der Waals surface area contributed by atoms with Gasteiger partial charge in [-0.3, -0.25) is 4.79 Å². The quantitative estimate of drug-likeness (QED) is 0.551. The fraction of sp³-hybridized carbons (Fsp3) is 0.900. The molecule has 0 aromatic heterocycles. The van der Waals surface area contributed by atoms with E-state index in [2.05, 4.69) is 0 Å². The zero-order valence-corrected chi connectivity index (χ0v) is 11.9. The lowest BCUT2D eigenvalue weighted by Gasteiger charge is -2.28. The Labute approximate surface area is 104 Å². The largest absolute Gasteiger partial charge is 0.497 e. The van der Waals surface area contributed by atoms with E-state index in [4.69, 9.17) is 24.7 Å². The Morgan fingerprint density at radius 2 is 1.88 bits per heavy atom. The van der Waals surface area contributed by atoms with Gasteiger partial charge in [0, 0.05) is 27.2 Å². The Morgan fingerprint density at radius 3 is 2.29 bits per heavy atom. The molecule has 0 heterocycles. The first-order valence-electron chi connectivity index (χ1n) is 5.74. The van der Waals surface area contributed by atoms with E-state index >= 15 is 0 Å². The van der Waals surface area contributed by atoms with Gasteiger partial charge in [0.15, 0.2) is 0 Å². The molecular formula is C10H24N2O4Si. The van der Waals surface area contributed by atoms with Gasteiger partial charge in [0.05, 0.1) is 6.10 Å². The van der Waals surface area contributed by atoms with Gasteiger partial charge in [-0.05, 0) is 25.8 Å². The summed E-state index contributed by atoms with van der Waals surface area (Å²) < 4.78 is 16.3. The summed E-state index contributed by atoms with van der Waals surface area (Å²) >= 11 is 0. The molecule has 7 heteroatoms. The van der Waals surface area contributed by atoms with Crippen molar-refractivity contribution in [2.45, 2.75) is 38.3 Å². The fourth-order valence-corrected chi connectivity index (χ4v) is 2.63. The molecule has 102 valence electrons. The first-order valence-corrected chi connectivity index (χ1v) is 7.96. The third kappa shape index (κ3) is 7.45. The van der Waals surface area contributed by atoms with Crippen molar-refractivity contribution < 1.29 is 18.1 Å². The second-order valence-corrected chi connectivity index (χ2v) is 6.72. The maximum atomic E-state index is 10.7. The van der Waals surface area contributed by atoms with Gasteiger partial charge < -0.3 is 24.7 Å². The Balaban J connectivity index is 4.17. The van der Waals surface area contributed by atoms with Crippen LogP contribution in [0.3, 0.4) is 0 Å². The summed E-state index contributed by atoms with van der Waals surface area (Å²) in [7, 11) is 0.590. The standard InChI is InChI=1S/C10H24N2O4Si/c1-14-17(3,15-2)16-9(7-8-11)5-4-6-10(12)13/h9H,4-8,11H2,1-3H3,(H2,12,13). The summed E-state index contributed by atoms with van der Waals surface area (Å²) in [6.07, 6.45) is 2.46. The predicted octanol–water partition coefficient (Wildman–Crippen LogP) is 0.238. The number of hydrogen-bond acceptors (Lipinski definition) is 5. The molecule has 0 aromatic carbocycles. The number of rotatable bonds is 10. The van der Waals surface area contributed by atoms with Crippen LogP contribution < -0.4 is 11.5 Å². The van der Waals surface area contributed by atoms with Crippen molar-refractivity contribution >= 4 is 14.7 Å². The molecule has 4 N–H and O–H groups in total. The number of carbonyl (C=O) groups excluding carboxylic acids is 1. The molecule has 17 heavy (non-hydrogen) atoms. The van der Waals surface area contributed by atoms with Crippen LogP contribution in [0.1, 0.15) is 25.7 Å². The van der Waals surface area contributed by atoms with E-state index in [1.54, 1.807) is 14.2 Å². The highest BCUT2D eigenvalue weighted by molar-refractivity contribution is 6.59. The molecule has 6 nitrogen and oxygen atoms in total. The van der Waals surface area contributed by atoms with Crippen molar-refractivity contribution in [3.8, 4) is 0 Å². The molecule has 0 saturated heterocycles. The molecule has 0 bridgehead atoms. The molecule has 0 radical (unpaired) electrons. The first kappa shape index (κ1) is 16.5. The second kappa shape index (κ2) is 8.59. The normalized spacial score (nSPS) is 13.6. The molecule has 0 saturated carbocycles. The third-order valence-corrected chi connectivity index (χ3v) is 4.80. The van der Waals surface area contributed by atoms with Crippen LogP contribution in [0, 0.1) is 0 Å². The fourth-order valence-electron chi connectivity index (χ4n) is 1.43. The highest BCUT2D eigenvalue weighted by Gasteiger charge is 2.34. The molecule has 0 spiro atoms. The summed E-state index contributed by atoms with van der Waals surface area (Å²) in [5.74, 6) is -0.296. The van der Waals surface area contributed by atoms with E-state index in [9.17, 15) is 4.79 Å². The first-order chi connectivity index (χ1) is 7.97. The maximum Gasteiger partial charge on any atom is 0.497 e. The van der Waals surface area contributed by atoms with Gasteiger partial charge in [-0.1, -0.05) is 0 Å². The Bertz CT molecular complexity index is 224. The van der Waals surface area contributed by atoms with Crippen molar-refractivity contribution in [3.63, 3.8) is 0 Å². The zero-order chi connectivity index (χ0) is 13.3. The van der Waals surface area contributed by atoms with Gasteiger partial charge >= 0.3 is 8.80 Å². The lowest BCUT2D eigenvalue weighted by Crippen LogP contribution is -2.44. The van der Waals surface area contributed by atoms with Crippen LogP contribution in [0.25, 0.3) is 0 Å². The Hall–Kier alpha value is -0.473. The zero-order valence-electron chi connectivity index (χ0n) is 10.9.